The van der Waals surface area contributed by atoms with Gasteiger partial charge in [-0.15, -0.1) is 11.3 Å². The van der Waals surface area contributed by atoms with Gasteiger partial charge in [-0.1, -0.05) is 60.7 Å². The topological polar surface area (TPSA) is 48.4 Å². The van der Waals surface area contributed by atoms with E-state index >= 15 is 0 Å². The molecule has 4 rings (SSSR count). The largest absolute Gasteiger partial charge is 0.473 e. The van der Waals surface area contributed by atoms with Crippen molar-refractivity contribution in [1.82, 2.24) is 4.98 Å². The normalized spacial score (nSPS) is 16.0. The average Bonchev–Trinajstić information content (AvgIpc) is 3.03. The number of esters is 1. The van der Waals surface area contributed by atoms with Crippen molar-refractivity contribution < 1.29 is 14.3 Å². The maximum Gasteiger partial charge on any atom is 0.334 e. The van der Waals surface area contributed by atoms with E-state index in [0.29, 0.717) is 18.1 Å². The summed E-state index contributed by atoms with van der Waals surface area (Å²) in [5, 5.41) is 0.877. The van der Waals surface area contributed by atoms with Crippen LogP contribution in [0.2, 0.25) is 0 Å². The number of aromatic nitrogens is 1. The van der Waals surface area contributed by atoms with E-state index in [4.69, 9.17) is 9.47 Å². The van der Waals surface area contributed by atoms with E-state index in [9.17, 15) is 4.79 Å². The van der Waals surface area contributed by atoms with Crippen LogP contribution in [-0.4, -0.2) is 24.7 Å². The van der Waals surface area contributed by atoms with Crippen LogP contribution in [0, 0.1) is 0 Å². The molecule has 0 saturated carbocycles. The van der Waals surface area contributed by atoms with Crippen molar-refractivity contribution in [3.8, 4) is 16.5 Å². The van der Waals surface area contributed by atoms with E-state index < -0.39 is 0 Å². The summed E-state index contributed by atoms with van der Waals surface area (Å²) in [5.41, 5.74) is 2.63. The van der Waals surface area contributed by atoms with Gasteiger partial charge in [-0.05, 0) is 11.6 Å². The number of nitrogens with zero attached hydrogens (tertiary/aromatic N) is 1. The maximum absolute atomic E-state index is 12.4. The summed E-state index contributed by atoms with van der Waals surface area (Å²) in [4.78, 5) is 18.0. The molecule has 0 aliphatic carbocycles. The van der Waals surface area contributed by atoms with Crippen molar-refractivity contribution in [2.75, 3.05) is 13.7 Å². The number of rotatable bonds is 3. The molecule has 1 aliphatic heterocycles. The molecule has 4 nitrogen and oxygen atoms in total. The molecule has 0 radical (unpaired) electrons. The first kappa shape index (κ1) is 16.5. The first-order valence-corrected chi connectivity index (χ1v) is 9.12. The highest BCUT2D eigenvalue weighted by Gasteiger charge is 2.32. The van der Waals surface area contributed by atoms with E-state index in [1.54, 1.807) is 17.4 Å². The van der Waals surface area contributed by atoms with Gasteiger partial charge in [-0.2, -0.15) is 0 Å². The van der Waals surface area contributed by atoms with E-state index in [2.05, 4.69) is 4.98 Å². The minimum Gasteiger partial charge on any atom is -0.473 e. The molecule has 0 spiro atoms. The molecule has 0 saturated heterocycles. The zero-order chi connectivity index (χ0) is 17.9. The van der Waals surface area contributed by atoms with Crippen LogP contribution in [0.5, 0.6) is 5.88 Å². The lowest BCUT2D eigenvalue weighted by Gasteiger charge is -2.17. The van der Waals surface area contributed by atoms with Gasteiger partial charge < -0.3 is 9.47 Å². The van der Waals surface area contributed by atoms with Crippen molar-refractivity contribution >= 4 is 17.3 Å². The zero-order valence-corrected chi connectivity index (χ0v) is 15.0. The highest BCUT2D eigenvalue weighted by molar-refractivity contribution is 7.15. The lowest BCUT2D eigenvalue weighted by atomic mass is 9.90. The van der Waals surface area contributed by atoms with Crippen LogP contribution in [-0.2, 0) is 9.53 Å². The Morgan fingerprint density at radius 2 is 1.81 bits per heavy atom. The van der Waals surface area contributed by atoms with Crippen molar-refractivity contribution in [2.45, 2.75) is 5.92 Å². The van der Waals surface area contributed by atoms with E-state index in [-0.39, 0.29) is 11.9 Å². The molecule has 1 aliphatic rings. The molecular formula is C21H17NO3S. The lowest BCUT2D eigenvalue weighted by Crippen LogP contribution is -2.13. The molecule has 0 N–H and O–H groups in total. The summed E-state index contributed by atoms with van der Waals surface area (Å²) in [7, 11) is 1.40. The maximum atomic E-state index is 12.4. The second kappa shape index (κ2) is 7.14. The predicted molar refractivity (Wildman–Crippen MR) is 101 cm³/mol. The quantitative estimate of drug-likeness (QED) is 0.646. The lowest BCUT2D eigenvalue weighted by molar-refractivity contribution is -0.136. The molecule has 1 aromatic heterocycles. The molecule has 0 fully saturated rings. The Labute approximate surface area is 155 Å². The minimum absolute atomic E-state index is 0.254. The summed E-state index contributed by atoms with van der Waals surface area (Å²) in [6, 6.07) is 19.9. The van der Waals surface area contributed by atoms with Gasteiger partial charge in [-0.3, -0.25) is 0 Å². The van der Waals surface area contributed by atoms with Gasteiger partial charge in [0.2, 0.25) is 5.88 Å². The Morgan fingerprint density at radius 3 is 2.50 bits per heavy atom. The minimum atomic E-state index is -0.343. The van der Waals surface area contributed by atoms with Crippen molar-refractivity contribution in [3.63, 3.8) is 0 Å². The Kier molecular flexibility index (Phi) is 4.54. The number of hydrogen-bond acceptors (Lipinski definition) is 5. The molecule has 1 atom stereocenters. The SMILES string of the molecule is COC(=O)C1=CCOc2nc(-c3ccccc3)sc2C1c1ccccc1. The van der Waals surface area contributed by atoms with Gasteiger partial charge in [0.25, 0.3) is 0 Å². The first-order chi connectivity index (χ1) is 12.8. The highest BCUT2D eigenvalue weighted by Crippen LogP contribution is 2.45. The molecular weight excluding hydrogens is 346 g/mol. The number of benzene rings is 2. The van der Waals surface area contributed by atoms with Gasteiger partial charge in [0.05, 0.1) is 17.9 Å². The molecule has 0 bridgehead atoms. The Bertz CT molecular complexity index is 948. The van der Waals surface area contributed by atoms with E-state index in [0.717, 1.165) is 21.0 Å². The molecule has 2 aromatic carbocycles. The second-order valence-electron chi connectivity index (χ2n) is 5.86. The fourth-order valence-electron chi connectivity index (χ4n) is 3.07. The number of hydrogen-bond donors (Lipinski definition) is 0. The fourth-order valence-corrected chi connectivity index (χ4v) is 4.24. The molecule has 1 unspecified atom stereocenters. The fraction of sp³-hybridized carbons (Fsp3) is 0.143. The van der Waals surface area contributed by atoms with Crippen LogP contribution in [0.3, 0.4) is 0 Å². The third kappa shape index (κ3) is 3.02. The van der Waals surface area contributed by atoms with Crippen LogP contribution in [0.25, 0.3) is 10.6 Å². The number of carbonyl (C=O) groups is 1. The molecule has 2 heterocycles. The van der Waals surface area contributed by atoms with Crippen LogP contribution in [0.1, 0.15) is 16.4 Å². The number of fused-ring (bicyclic) bond motifs is 1. The van der Waals surface area contributed by atoms with Crippen LogP contribution >= 0.6 is 11.3 Å². The van der Waals surface area contributed by atoms with E-state index in [1.165, 1.54) is 7.11 Å². The molecule has 130 valence electrons. The molecule has 5 heteroatoms. The standard InChI is InChI=1S/C21H17NO3S/c1-24-21(23)16-12-13-25-19-18(17(16)14-8-4-2-5-9-14)26-20(22-19)15-10-6-3-7-11-15/h2-12,17H,13H2,1H3. The smallest absolute Gasteiger partial charge is 0.334 e. The summed E-state index contributed by atoms with van der Waals surface area (Å²) in [5.74, 6) is -0.0149. The van der Waals surface area contributed by atoms with Gasteiger partial charge in [0.1, 0.15) is 11.6 Å². The summed E-state index contributed by atoms with van der Waals surface area (Å²) in [6.07, 6.45) is 1.79. The van der Waals surface area contributed by atoms with Crippen LogP contribution in [0.4, 0.5) is 0 Å². The van der Waals surface area contributed by atoms with Gasteiger partial charge in [-0.25, -0.2) is 9.78 Å². The van der Waals surface area contributed by atoms with Crippen LogP contribution in [0.15, 0.2) is 72.3 Å². The third-order valence-electron chi connectivity index (χ3n) is 4.29. The third-order valence-corrected chi connectivity index (χ3v) is 5.44. The first-order valence-electron chi connectivity index (χ1n) is 8.30. The molecule has 26 heavy (non-hydrogen) atoms. The monoisotopic (exact) mass is 363 g/mol. The Hall–Kier alpha value is -2.92. The van der Waals surface area contributed by atoms with Gasteiger partial charge in [0.15, 0.2) is 0 Å². The number of carbonyl (C=O) groups excluding carboxylic acids is 1. The summed E-state index contributed by atoms with van der Waals surface area (Å²) >= 11 is 1.55. The van der Waals surface area contributed by atoms with Gasteiger partial charge in [0, 0.05) is 11.1 Å². The van der Waals surface area contributed by atoms with Crippen LogP contribution < -0.4 is 4.74 Å². The second-order valence-corrected chi connectivity index (χ2v) is 6.89. The number of ether oxygens (including phenoxy) is 2. The molecule has 0 amide bonds. The Morgan fingerprint density at radius 1 is 1.12 bits per heavy atom. The predicted octanol–water partition coefficient (Wildman–Crippen LogP) is 4.43. The van der Waals surface area contributed by atoms with Gasteiger partial charge >= 0.3 is 5.97 Å². The summed E-state index contributed by atoms with van der Waals surface area (Å²) < 4.78 is 10.9. The Balaban J connectivity index is 1.87. The number of thiazole rings is 1. The average molecular weight is 363 g/mol. The van der Waals surface area contributed by atoms with Crippen molar-refractivity contribution in [1.29, 1.82) is 0 Å². The van der Waals surface area contributed by atoms with Crippen molar-refractivity contribution in [3.05, 3.63) is 82.8 Å². The van der Waals surface area contributed by atoms with Crippen molar-refractivity contribution in [2.24, 2.45) is 0 Å². The highest BCUT2D eigenvalue weighted by atomic mass is 32.1. The zero-order valence-electron chi connectivity index (χ0n) is 14.2. The molecule has 3 aromatic rings. The van der Waals surface area contributed by atoms with E-state index in [1.807, 2.05) is 60.7 Å². The summed E-state index contributed by atoms with van der Waals surface area (Å²) in [6.45, 7) is 0.290. The number of methoxy groups -OCH3 is 1.